The third kappa shape index (κ3) is 7.49. The second-order valence-electron chi connectivity index (χ2n) is 11.4. The van der Waals surface area contributed by atoms with Crippen molar-refractivity contribution in [1.82, 2.24) is 9.13 Å². The van der Waals surface area contributed by atoms with Gasteiger partial charge in [0.1, 0.15) is 0 Å². The number of aromatic nitrogens is 2. The summed E-state index contributed by atoms with van der Waals surface area (Å²) in [4.78, 5) is 2.57. The quantitative estimate of drug-likeness (QED) is 0.141. The van der Waals surface area contributed by atoms with E-state index in [4.69, 9.17) is 34.7 Å². The molecule has 0 unspecified atom stereocenters. The average molecular weight is 690 g/mol. The van der Waals surface area contributed by atoms with Crippen LogP contribution in [0.1, 0.15) is 33.6 Å². The van der Waals surface area contributed by atoms with Crippen molar-refractivity contribution in [2.45, 2.75) is 49.6 Å². The third-order valence-electron chi connectivity index (χ3n) is 8.64. The molecule has 0 aliphatic carbocycles. The Kier molecular flexibility index (Phi) is 11.9. The highest BCUT2D eigenvalue weighted by Gasteiger charge is 2.16. The van der Waals surface area contributed by atoms with Gasteiger partial charge in [0.25, 0.3) is 0 Å². The second kappa shape index (κ2) is 15.8. The molecule has 2 aromatic heterocycles. The molecule has 0 fully saturated rings. The Morgan fingerprint density at radius 2 is 1.15 bits per heavy atom. The third-order valence-corrected chi connectivity index (χ3v) is 10.7. The molecule has 4 aromatic carbocycles. The summed E-state index contributed by atoms with van der Waals surface area (Å²) in [5.41, 5.74) is 21.9. The lowest BCUT2D eigenvalue weighted by atomic mass is 10.1. The van der Waals surface area contributed by atoms with Gasteiger partial charge in [-0.3, -0.25) is 0 Å². The first-order valence-electron chi connectivity index (χ1n) is 15.5. The van der Waals surface area contributed by atoms with Crippen molar-refractivity contribution in [2.75, 3.05) is 25.6 Å². The van der Waals surface area contributed by atoms with Gasteiger partial charge in [-0.1, -0.05) is 59.6 Å². The number of nitrogens with two attached hydrogens (primary N) is 2. The fourth-order valence-corrected chi connectivity index (χ4v) is 7.58. The van der Waals surface area contributed by atoms with Crippen LogP contribution in [0.5, 0.6) is 0 Å². The van der Waals surface area contributed by atoms with Gasteiger partial charge in [0, 0.05) is 66.1 Å². The standard InChI is InChI=1S/C19H20Cl2N2S.C19H22N2S/c1-12-16(7-8-22)17-10-15(24-2)5-6-19(17)23(12)11-13-3-4-14(20)9-18(13)21;1-14-17(10-11-20)18-12-16(22-2)8-9-19(18)21(14)13-15-6-4-3-5-7-15/h3-6,9-10H,7-8,11,22H2,1-2H3;3-9,12H,10-11,13,20H2,1-2H3. The molecule has 0 spiro atoms. The lowest BCUT2D eigenvalue weighted by Gasteiger charge is -2.11. The Hall–Kier alpha value is -2.84. The number of halogens is 2. The molecule has 0 aliphatic rings. The number of rotatable bonds is 10. The molecule has 0 saturated carbocycles. The first-order chi connectivity index (χ1) is 22.3. The minimum atomic E-state index is 0.644. The highest BCUT2D eigenvalue weighted by Crippen LogP contribution is 2.33. The van der Waals surface area contributed by atoms with Gasteiger partial charge in [0.2, 0.25) is 0 Å². The summed E-state index contributed by atoms with van der Waals surface area (Å²) in [6, 6.07) is 29.7. The number of hydrogen-bond donors (Lipinski definition) is 2. The Morgan fingerprint density at radius 1 is 0.630 bits per heavy atom. The Balaban J connectivity index is 0.000000182. The monoisotopic (exact) mass is 688 g/mol. The van der Waals surface area contributed by atoms with E-state index in [1.54, 1.807) is 29.6 Å². The van der Waals surface area contributed by atoms with E-state index in [0.717, 1.165) is 31.5 Å². The molecule has 6 aromatic rings. The Bertz CT molecular complexity index is 1950. The summed E-state index contributed by atoms with van der Waals surface area (Å²) in [5.74, 6) is 0. The predicted molar refractivity (Wildman–Crippen MR) is 204 cm³/mol. The molecule has 240 valence electrons. The summed E-state index contributed by atoms with van der Waals surface area (Å²) in [6.07, 6.45) is 6.03. The van der Waals surface area contributed by atoms with Crippen molar-refractivity contribution in [1.29, 1.82) is 0 Å². The molecule has 0 radical (unpaired) electrons. The van der Waals surface area contributed by atoms with Gasteiger partial charge in [0.05, 0.1) is 0 Å². The van der Waals surface area contributed by atoms with Crippen LogP contribution in [0, 0.1) is 13.8 Å². The van der Waals surface area contributed by atoms with Crippen molar-refractivity contribution < 1.29 is 0 Å². The van der Waals surface area contributed by atoms with Gasteiger partial charge in [-0.05, 0) is 123 Å². The molecule has 0 aliphatic heterocycles. The van der Waals surface area contributed by atoms with E-state index in [1.165, 1.54) is 59.7 Å². The van der Waals surface area contributed by atoms with E-state index >= 15 is 0 Å². The highest BCUT2D eigenvalue weighted by atomic mass is 35.5. The molecule has 4 nitrogen and oxygen atoms in total. The summed E-state index contributed by atoms with van der Waals surface area (Å²) >= 11 is 15.9. The van der Waals surface area contributed by atoms with E-state index in [-0.39, 0.29) is 0 Å². The zero-order valence-corrected chi connectivity index (χ0v) is 30.1. The second-order valence-corrected chi connectivity index (χ2v) is 14.0. The van der Waals surface area contributed by atoms with Gasteiger partial charge in [-0.2, -0.15) is 0 Å². The van der Waals surface area contributed by atoms with Crippen LogP contribution in [0.3, 0.4) is 0 Å². The normalized spacial score (nSPS) is 11.3. The predicted octanol–water partition coefficient (Wildman–Crippen LogP) is 9.75. The van der Waals surface area contributed by atoms with E-state index in [0.29, 0.717) is 23.1 Å². The first kappa shape index (κ1) is 34.5. The maximum Gasteiger partial charge on any atom is 0.0493 e. The molecule has 4 N–H and O–H groups in total. The average Bonchev–Trinajstić information content (AvgIpc) is 3.47. The number of nitrogens with zero attached hydrogens (tertiary/aromatic N) is 2. The van der Waals surface area contributed by atoms with Crippen LogP contribution in [-0.2, 0) is 25.9 Å². The molecule has 2 heterocycles. The molecule has 46 heavy (non-hydrogen) atoms. The molecule has 0 amide bonds. The molecule has 0 bridgehead atoms. The fraction of sp³-hybridized carbons (Fsp3) is 0.263. The van der Waals surface area contributed by atoms with Gasteiger partial charge in [-0.25, -0.2) is 0 Å². The number of thioether (sulfide) groups is 2. The van der Waals surface area contributed by atoms with Crippen molar-refractivity contribution in [3.63, 3.8) is 0 Å². The summed E-state index contributed by atoms with van der Waals surface area (Å²) in [5, 5.41) is 4.00. The maximum atomic E-state index is 6.38. The van der Waals surface area contributed by atoms with Crippen LogP contribution in [-0.4, -0.2) is 34.7 Å². The van der Waals surface area contributed by atoms with Crippen LogP contribution in [0.25, 0.3) is 21.8 Å². The Labute approximate surface area is 291 Å². The smallest absolute Gasteiger partial charge is 0.0493 e. The highest BCUT2D eigenvalue weighted by molar-refractivity contribution is 7.98. The van der Waals surface area contributed by atoms with Crippen LogP contribution in [0.15, 0.2) is 94.7 Å². The van der Waals surface area contributed by atoms with Gasteiger partial charge in [-0.15, -0.1) is 23.5 Å². The van der Waals surface area contributed by atoms with Crippen molar-refractivity contribution in [3.05, 3.63) is 129 Å². The molecule has 0 atom stereocenters. The van der Waals surface area contributed by atoms with Gasteiger partial charge >= 0.3 is 0 Å². The molecular formula is C38H42Cl2N4S2. The van der Waals surface area contributed by atoms with Crippen molar-refractivity contribution in [2.24, 2.45) is 11.5 Å². The van der Waals surface area contributed by atoms with E-state index < -0.39 is 0 Å². The van der Waals surface area contributed by atoms with Crippen LogP contribution in [0.2, 0.25) is 10.0 Å². The minimum Gasteiger partial charge on any atom is -0.340 e. The van der Waals surface area contributed by atoms with Crippen LogP contribution in [0.4, 0.5) is 0 Å². The van der Waals surface area contributed by atoms with Crippen molar-refractivity contribution >= 4 is 68.5 Å². The molecule has 8 heteroatoms. The number of fused-ring (bicyclic) bond motifs is 2. The number of hydrogen-bond acceptors (Lipinski definition) is 4. The van der Waals surface area contributed by atoms with Crippen molar-refractivity contribution in [3.8, 4) is 0 Å². The lowest BCUT2D eigenvalue weighted by Crippen LogP contribution is -2.06. The minimum absolute atomic E-state index is 0.644. The van der Waals surface area contributed by atoms with Crippen LogP contribution >= 0.6 is 46.7 Å². The number of benzene rings is 4. The Morgan fingerprint density at radius 3 is 1.63 bits per heavy atom. The maximum absolute atomic E-state index is 6.38. The van der Waals surface area contributed by atoms with Gasteiger partial charge in [0.15, 0.2) is 0 Å². The molecule has 0 saturated heterocycles. The zero-order chi connectivity index (χ0) is 32.8. The topological polar surface area (TPSA) is 61.9 Å². The fourth-order valence-electron chi connectivity index (χ4n) is 6.23. The van der Waals surface area contributed by atoms with Gasteiger partial charge < -0.3 is 20.6 Å². The summed E-state index contributed by atoms with van der Waals surface area (Å²) < 4.78 is 4.74. The largest absolute Gasteiger partial charge is 0.340 e. The summed E-state index contributed by atoms with van der Waals surface area (Å²) in [7, 11) is 0. The first-order valence-corrected chi connectivity index (χ1v) is 18.7. The lowest BCUT2D eigenvalue weighted by molar-refractivity contribution is 0.792. The van der Waals surface area contributed by atoms with E-state index in [9.17, 15) is 0 Å². The summed E-state index contributed by atoms with van der Waals surface area (Å²) in [6.45, 7) is 7.34. The SMILES string of the molecule is CSc1ccc2c(c1)c(CCN)c(C)n2Cc1ccc(Cl)cc1Cl.CSc1ccc2c(c1)c(CCN)c(C)n2Cc1ccccc1. The van der Waals surface area contributed by atoms with E-state index in [1.807, 2.05) is 12.1 Å². The van der Waals surface area contributed by atoms with E-state index in [2.05, 4.69) is 102 Å². The van der Waals surface area contributed by atoms with Crippen LogP contribution < -0.4 is 11.5 Å². The zero-order valence-electron chi connectivity index (χ0n) is 26.9. The molecule has 6 rings (SSSR count). The molecular weight excluding hydrogens is 647 g/mol.